The molecule has 36 heavy (non-hydrogen) atoms. The lowest BCUT2D eigenvalue weighted by Gasteiger charge is -2.18. The normalized spacial score (nSPS) is 15.9. The third-order valence-electron chi connectivity index (χ3n) is 6.89. The fourth-order valence-corrected chi connectivity index (χ4v) is 5.04. The second-order valence-corrected chi connectivity index (χ2v) is 9.89. The lowest BCUT2D eigenvalue weighted by molar-refractivity contribution is -0.117. The van der Waals surface area contributed by atoms with Crippen molar-refractivity contribution in [1.82, 2.24) is 9.55 Å². The van der Waals surface area contributed by atoms with Gasteiger partial charge >= 0.3 is 0 Å². The first-order chi connectivity index (χ1) is 17.4. The molecule has 0 spiro atoms. The Kier molecular flexibility index (Phi) is 6.77. The number of imidazole rings is 1. The highest BCUT2D eigenvalue weighted by Gasteiger charge is 2.34. The minimum atomic E-state index is -0.308. The zero-order valence-corrected chi connectivity index (χ0v) is 21.1. The number of amides is 1. The number of rotatable bonds is 8. The van der Waals surface area contributed by atoms with Crippen LogP contribution in [0.2, 0.25) is 0 Å². The number of para-hydroxylation sites is 2. The number of anilines is 1. The van der Waals surface area contributed by atoms with Crippen LogP contribution in [0, 0.1) is 12.7 Å². The third kappa shape index (κ3) is 4.85. The average molecular weight is 486 g/mol. The molecule has 0 N–H and O–H groups in total. The summed E-state index contributed by atoms with van der Waals surface area (Å²) in [6, 6.07) is 20.6. The van der Waals surface area contributed by atoms with Gasteiger partial charge in [-0.1, -0.05) is 38.1 Å². The highest BCUT2D eigenvalue weighted by Crippen LogP contribution is 2.33. The Balaban J connectivity index is 1.34. The first-order valence-corrected chi connectivity index (χ1v) is 12.6. The fourth-order valence-electron chi connectivity index (χ4n) is 5.04. The van der Waals surface area contributed by atoms with Gasteiger partial charge < -0.3 is 14.2 Å². The van der Waals surface area contributed by atoms with Crippen molar-refractivity contribution < 1.29 is 13.9 Å². The Bertz CT molecular complexity index is 1380. The van der Waals surface area contributed by atoms with Crippen LogP contribution in [0.3, 0.4) is 0 Å². The monoisotopic (exact) mass is 485 g/mol. The van der Waals surface area contributed by atoms with E-state index in [2.05, 4.69) is 49.6 Å². The van der Waals surface area contributed by atoms with E-state index in [4.69, 9.17) is 9.72 Å². The van der Waals surface area contributed by atoms with Crippen molar-refractivity contribution in [3.63, 3.8) is 0 Å². The van der Waals surface area contributed by atoms with Crippen LogP contribution in [-0.4, -0.2) is 28.6 Å². The molecular weight excluding hydrogens is 453 g/mol. The Morgan fingerprint density at radius 2 is 1.86 bits per heavy atom. The summed E-state index contributed by atoms with van der Waals surface area (Å²) < 4.78 is 21.9. The predicted octanol–water partition coefficient (Wildman–Crippen LogP) is 6.60. The molecule has 0 bridgehead atoms. The first kappa shape index (κ1) is 24.0. The molecule has 1 unspecified atom stereocenters. The van der Waals surface area contributed by atoms with E-state index in [1.165, 1.54) is 23.3 Å². The van der Waals surface area contributed by atoms with Crippen molar-refractivity contribution in [2.75, 3.05) is 18.1 Å². The van der Waals surface area contributed by atoms with Crippen LogP contribution in [0.4, 0.5) is 10.1 Å². The molecule has 0 radical (unpaired) electrons. The van der Waals surface area contributed by atoms with Crippen molar-refractivity contribution in [3.05, 3.63) is 89.5 Å². The van der Waals surface area contributed by atoms with Gasteiger partial charge in [0.25, 0.3) is 0 Å². The molecule has 1 aliphatic heterocycles. The van der Waals surface area contributed by atoms with Gasteiger partial charge in [0.15, 0.2) is 0 Å². The fraction of sp³-hybridized carbons (Fsp3) is 0.333. The maximum atomic E-state index is 13.4. The third-order valence-corrected chi connectivity index (χ3v) is 6.89. The van der Waals surface area contributed by atoms with E-state index < -0.39 is 0 Å². The summed E-state index contributed by atoms with van der Waals surface area (Å²) in [6.07, 6.45) is 1.21. The molecule has 5 rings (SSSR count). The lowest BCUT2D eigenvalue weighted by Crippen LogP contribution is -2.24. The van der Waals surface area contributed by atoms with E-state index in [-0.39, 0.29) is 17.6 Å². The number of benzene rings is 3. The highest BCUT2D eigenvalue weighted by molar-refractivity contribution is 5.96. The van der Waals surface area contributed by atoms with Gasteiger partial charge in [0, 0.05) is 31.1 Å². The molecule has 1 atom stereocenters. The number of hydrogen-bond acceptors (Lipinski definition) is 3. The van der Waals surface area contributed by atoms with Crippen LogP contribution in [0.15, 0.2) is 66.7 Å². The van der Waals surface area contributed by atoms with E-state index >= 15 is 0 Å². The SMILES string of the molecule is Cc1ccc(C(C)C)c(OCCCn2c(C3CC(=O)N(c4ccc(F)cc4)C3)nc3ccccc32)c1. The molecule has 6 heteroatoms. The van der Waals surface area contributed by atoms with Crippen LogP contribution in [0.25, 0.3) is 11.0 Å². The molecule has 4 aromatic rings. The molecule has 1 aliphatic rings. The topological polar surface area (TPSA) is 47.4 Å². The predicted molar refractivity (Wildman–Crippen MR) is 141 cm³/mol. The van der Waals surface area contributed by atoms with Crippen LogP contribution in [0.5, 0.6) is 5.75 Å². The number of halogens is 1. The Hall–Kier alpha value is -3.67. The smallest absolute Gasteiger partial charge is 0.227 e. The van der Waals surface area contributed by atoms with Gasteiger partial charge in [0.1, 0.15) is 17.4 Å². The van der Waals surface area contributed by atoms with Crippen molar-refractivity contribution >= 4 is 22.6 Å². The molecule has 1 amide bonds. The second kappa shape index (κ2) is 10.1. The molecule has 1 aromatic heterocycles. The Labute approximate surface area is 211 Å². The zero-order chi connectivity index (χ0) is 25.2. The minimum absolute atomic E-state index is 0.0276. The molecule has 0 aliphatic carbocycles. The summed E-state index contributed by atoms with van der Waals surface area (Å²) in [7, 11) is 0. The van der Waals surface area contributed by atoms with Crippen LogP contribution in [0.1, 0.15) is 55.5 Å². The van der Waals surface area contributed by atoms with Gasteiger partial charge in [-0.2, -0.15) is 0 Å². The van der Waals surface area contributed by atoms with Gasteiger partial charge in [-0.15, -0.1) is 0 Å². The van der Waals surface area contributed by atoms with Crippen LogP contribution >= 0.6 is 0 Å². The van der Waals surface area contributed by atoms with Crippen molar-refractivity contribution in [1.29, 1.82) is 0 Å². The summed E-state index contributed by atoms with van der Waals surface area (Å²) in [5.41, 5.74) is 5.13. The summed E-state index contributed by atoms with van der Waals surface area (Å²) in [5.74, 6) is 1.98. The number of nitrogens with zero attached hydrogens (tertiary/aromatic N) is 3. The number of carbonyl (C=O) groups excluding carboxylic acids is 1. The maximum absolute atomic E-state index is 13.4. The van der Waals surface area contributed by atoms with E-state index in [1.807, 2.05) is 18.2 Å². The minimum Gasteiger partial charge on any atom is -0.493 e. The van der Waals surface area contributed by atoms with E-state index in [0.29, 0.717) is 25.5 Å². The summed E-state index contributed by atoms with van der Waals surface area (Å²) in [5, 5.41) is 0. The van der Waals surface area contributed by atoms with Crippen molar-refractivity contribution in [2.24, 2.45) is 0 Å². The van der Waals surface area contributed by atoms with E-state index in [0.717, 1.165) is 41.3 Å². The van der Waals surface area contributed by atoms with E-state index in [1.54, 1.807) is 17.0 Å². The van der Waals surface area contributed by atoms with Crippen LogP contribution < -0.4 is 9.64 Å². The van der Waals surface area contributed by atoms with Gasteiger partial charge in [-0.05, 0) is 72.9 Å². The number of fused-ring (bicyclic) bond motifs is 1. The molecular formula is C30H32FN3O2. The largest absolute Gasteiger partial charge is 0.493 e. The summed E-state index contributed by atoms with van der Waals surface area (Å²) in [4.78, 5) is 19.6. The molecule has 1 fully saturated rings. The Morgan fingerprint density at radius 3 is 2.64 bits per heavy atom. The Morgan fingerprint density at radius 1 is 1.08 bits per heavy atom. The number of carbonyl (C=O) groups is 1. The van der Waals surface area contributed by atoms with Crippen LogP contribution in [-0.2, 0) is 11.3 Å². The number of ether oxygens (including phenoxy) is 1. The molecule has 5 nitrogen and oxygen atoms in total. The summed E-state index contributed by atoms with van der Waals surface area (Å²) >= 11 is 0. The molecule has 1 saturated heterocycles. The van der Waals surface area contributed by atoms with Gasteiger partial charge in [-0.3, -0.25) is 4.79 Å². The molecule has 2 heterocycles. The average Bonchev–Trinajstić information content (AvgIpc) is 3.42. The van der Waals surface area contributed by atoms with Gasteiger partial charge in [0.05, 0.1) is 17.6 Å². The number of hydrogen-bond donors (Lipinski definition) is 0. The van der Waals surface area contributed by atoms with E-state index in [9.17, 15) is 9.18 Å². The summed E-state index contributed by atoms with van der Waals surface area (Å²) in [6.45, 7) is 8.32. The van der Waals surface area contributed by atoms with Crippen molar-refractivity contribution in [2.45, 2.75) is 52.0 Å². The van der Waals surface area contributed by atoms with Gasteiger partial charge in [-0.25, -0.2) is 9.37 Å². The van der Waals surface area contributed by atoms with Crippen molar-refractivity contribution in [3.8, 4) is 5.75 Å². The lowest BCUT2D eigenvalue weighted by atomic mass is 10.0. The standard InChI is InChI=1S/C30H32FN3O2/c1-20(2)25-14-9-21(3)17-28(25)36-16-6-15-33-27-8-5-4-7-26(27)32-30(33)22-18-29(35)34(19-22)24-12-10-23(31)11-13-24/h4-5,7-14,17,20,22H,6,15-16,18-19H2,1-3H3. The van der Waals surface area contributed by atoms with Gasteiger partial charge in [0.2, 0.25) is 5.91 Å². The molecule has 3 aromatic carbocycles. The number of aryl methyl sites for hydroxylation is 2. The first-order valence-electron chi connectivity index (χ1n) is 12.6. The quantitative estimate of drug-likeness (QED) is 0.264. The number of aromatic nitrogens is 2. The molecule has 0 saturated carbocycles. The highest BCUT2D eigenvalue weighted by atomic mass is 19.1. The zero-order valence-electron chi connectivity index (χ0n) is 21.1. The second-order valence-electron chi connectivity index (χ2n) is 9.89. The molecule has 186 valence electrons. The maximum Gasteiger partial charge on any atom is 0.227 e.